The second-order valence-electron chi connectivity index (χ2n) is 8.36. The lowest BCUT2D eigenvalue weighted by molar-refractivity contribution is 0.247. The highest BCUT2D eigenvalue weighted by Gasteiger charge is 2.17. The maximum atomic E-state index is 11.7. The Morgan fingerprint density at radius 3 is 2.19 bits per heavy atom. The van der Waals surface area contributed by atoms with Gasteiger partial charge in [-0.25, -0.2) is 8.42 Å². The quantitative estimate of drug-likeness (QED) is 0.481. The fourth-order valence-corrected chi connectivity index (χ4v) is 5.04. The minimum absolute atomic E-state index is 0.376. The summed E-state index contributed by atoms with van der Waals surface area (Å²) >= 11 is 3.51. The van der Waals surface area contributed by atoms with Gasteiger partial charge in [0.05, 0.1) is 4.90 Å². The first-order chi connectivity index (χ1) is 15.4. The minimum Gasteiger partial charge on any atom is -0.298 e. The van der Waals surface area contributed by atoms with Crippen molar-refractivity contribution in [1.29, 1.82) is 0 Å². The van der Waals surface area contributed by atoms with Crippen molar-refractivity contribution in [2.75, 3.05) is 32.4 Å². The Labute approximate surface area is 199 Å². The number of hydrogen-bond acceptors (Lipinski definition) is 5. The van der Waals surface area contributed by atoms with Crippen LogP contribution in [-0.2, 0) is 22.9 Å². The summed E-state index contributed by atoms with van der Waals surface area (Å²) in [5.74, 6) is 0. The normalized spacial score (nSPS) is 16.1. The maximum Gasteiger partial charge on any atom is 0.175 e. The molecule has 0 amide bonds. The first kappa shape index (κ1) is 23.1. The van der Waals surface area contributed by atoms with Crippen molar-refractivity contribution < 1.29 is 8.42 Å². The second kappa shape index (κ2) is 10.3. The molecule has 0 atom stereocenters. The number of aromatic nitrogens is 1. The first-order valence-electron chi connectivity index (χ1n) is 10.8. The first-order valence-corrected chi connectivity index (χ1v) is 13.5. The Morgan fingerprint density at radius 1 is 0.875 bits per heavy atom. The summed E-state index contributed by atoms with van der Waals surface area (Å²) in [4.78, 5) is 9.72. The number of hydrogen-bond donors (Lipinski definition) is 0. The third kappa shape index (κ3) is 6.04. The Morgan fingerprint density at radius 2 is 1.53 bits per heavy atom. The Kier molecular flexibility index (Phi) is 7.40. The molecular weight excluding hydrogens is 486 g/mol. The average Bonchev–Trinajstić information content (AvgIpc) is 3.00. The summed E-state index contributed by atoms with van der Waals surface area (Å²) < 4.78 is 24.4. The molecule has 0 bridgehead atoms. The highest BCUT2D eigenvalue weighted by atomic mass is 79.9. The van der Waals surface area contributed by atoms with Crippen LogP contribution in [0.2, 0.25) is 0 Å². The monoisotopic (exact) mass is 513 g/mol. The molecule has 1 fully saturated rings. The third-order valence-corrected chi connectivity index (χ3v) is 7.55. The van der Waals surface area contributed by atoms with Gasteiger partial charge in [0, 0.05) is 49.3 Å². The van der Waals surface area contributed by atoms with Gasteiger partial charge in [-0.1, -0.05) is 40.2 Å². The van der Waals surface area contributed by atoms with Crippen LogP contribution in [0.4, 0.5) is 0 Å². The molecule has 4 rings (SSSR count). The summed E-state index contributed by atoms with van der Waals surface area (Å²) in [5, 5.41) is 0. The Hall–Kier alpha value is -2.06. The maximum absolute atomic E-state index is 11.7. The smallest absolute Gasteiger partial charge is 0.175 e. The van der Waals surface area contributed by atoms with Gasteiger partial charge in [0.15, 0.2) is 9.84 Å². The Bertz CT molecular complexity index is 1150. The molecule has 32 heavy (non-hydrogen) atoms. The zero-order valence-electron chi connectivity index (χ0n) is 18.2. The summed E-state index contributed by atoms with van der Waals surface area (Å²) in [7, 11) is -3.15. The molecule has 168 valence electrons. The highest BCUT2D eigenvalue weighted by molar-refractivity contribution is 9.10. The van der Waals surface area contributed by atoms with Crippen molar-refractivity contribution >= 4 is 25.8 Å². The van der Waals surface area contributed by atoms with Crippen LogP contribution in [-0.4, -0.2) is 55.6 Å². The van der Waals surface area contributed by atoms with Crippen LogP contribution in [0.25, 0.3) is 11.1 Å². The van der Waals surface area contributed by atoms with Gasteiger partial charge < -0.3 is 0 Å². The van der Waals surface area contributed by atoms with Crippen molar-refractivity contribution in [3.63, 3.8) is 0 Å². The van der Waals surface area contributed by atoms with E-state index in [1.807, 2.05) is 24.5 Å². The molecule has 1 saturated heterocycles. The molecule has 0 spiro atoms. The molecule has 0 N–H and O–H groups in total. The topological polar surface area (TPSA) is 53.5 Å². The molecule has 0 unspecified atom stereocenters. The van der Waals surface area contributed by atoms with Crippen LogP contribution < -0.4 is 0 Å². The lowest BCUT2D eigenvalue weighted by Crippen LogP contribution is -2.30. The standard InChI is InChI=1S/C25H28BrN3O2S/c1-32(30,31)24-9-3-20(4-10-24)18-28-13-2-14-29(16-15-28)19-22-17-27-12-11-25(22)21-5-7-23(26)8-6-21/h3-12,17H,2,13-16,18-19H2,1H3. The van der Waals surface area contributed by atoms with Gasteiger partial charge in [0.2, 0.25) is 0 Å². The van der Waals surface area contributed by atoms with E-state index in [2.05, 4.69) is 61.0 Å². The molecule has 1 aliphatic heterocycles. The zero-order valence-corrected chi connectivity index (χ0v) is 20.6. The summed E-state index contributed by atoms with van der Waals surface area (Å²) in [6, 6.07) is 17.8. The van der Waals surface area contributed by atoms with E-state index in [-0.39, 0.29) is 0 Å². The number of sulfone groups is 1. The number of rotatable bonds is 6. The van der Waals surface area contributed by atoms with Gasteiger partial charge >= 0.3 is 0 Å². The fraction of sp³-hybridized carbons (Fsp3) is 0.320. The van der Waals surface area contributed by atoms with E-state index in [0.717, 1.165) is 55.7 Å². The lowest BCUT2D eigenvalue weighted by Gasteiger charge is -2.23. The molecule has 7 heteroatoms. The van der Waals surface area contributed by atoms with Gasteiger partial charge in [-0.3, -0.25) is 14.8 Å². The molecule has 1 aliphatic rings. The van der Waals surface area contributed by atoms with Gasteiger partial charge in [0.1, 0.15) is 0 Å². The summed E-state index contributed by atoms with van der Waals surface area (Å²) in [6.07, 6.45) is 6.20. The van der Waals surface area contributed by atoms with Crippen LogP contribution in [0.15, 0.2) is 76.4 Å². The molecule has 2 aromatic carbocycles. The molecule has 2 heterocycles. The molecule has 0 aliphatic carbocycles. The van der Waals surface area contributed by atoms with Crippen molar-refractivity contribution in [1.82, 2.24) is 14.8 Å². The predicted octanol–water partition coefficient (Wildman–Crippen LogP) is 4.62. The fourth-order valence-electron chi connectivity index (χ4n) is 4.15. The summed E-state index contributed by atoms with van der Waals surface area (Å²) in [6.45, 7) is 5.80. The number of nitrogens with zero attached hydrogens (tertiary/aromatic N) is 3. The lowest BCUT2D eigenvalue weighted by atomic mass is 10.0. The van der Waals surface area contributed by atoms with Gasteiger partial charge in [-0.15, -0.1) is 0 Å². The number of benzene rings is 2. The van der Waals surface area contributed by atoms with Crippen LogP contribution in [0.3, 0.4) is 0 Å². The van der Waals surface area contributed by atoms with E-state index >= 15 is 0 Å². The Balaban J connectivity index is 1.39. The zero-order chi connectivity index (χ0) is 22.6. The van der Waals surface area contributed by atoms with Crippen molar-refractivity contribution in [2.24, 2.45) is 0 Å². The predicted molar refractivity (Wildman–Crippen MR) is 132 cm³/mol. The van der Waals surface area contributed by atoms with Gasteiger partial charge in [-0.05, 0) is 72.1 Å². The largest absolute Gasteiger partial charge is 0.298 e. The van der Waals surface area contributed by atoms with E-state index in [1.165, 1.54) is 22.9 Å². The van der Waals surface area contributed by atoms with Crippen molar-refractivity contribution in [3.05, 3.63) is 82.6 Å². The third-order valence-electron chi connectivity index (χ3n) is 5.89. The van der Waals surface area contributed by atoms with E-state index in [0.29, 0.717) is 4.90 Å². The van der Waals surface area contributed by atoms with Crippen molar-refractivity contribution in [3.8, 4) is 11.1 Å². The molecule has 3 aromatic rings. The van der Waals surface area contributed by atoms with Gasteiger partial charge in [-0.2, -0.15) is 0 Å². The van der Waals surface area contributed by atoms with E-state index in [1.54, 1.807) is 12.1 Å². The van der Waals surface area contributed by atoms with E-state index in [9.17, 15) is 8.42 Å². The number of halogens is 1. The highest BCUT2D eigenvalue weighted by Crippen LogP contribution is 2.26. The summed E-state index contributed by atoms with van der Waals surface area (Å²) in [5.41, 5.74) is 4.84. The molecule has 0 saturated carbocycles. The van der Waals surface area contributed by atoms with Crippen LogP contribution in [0.1, 0.15) is 17.5 Å². The van der Waals surface area contributed by atoms with Crippen LogP contribution >= 0.6 is 15.9 Å². The molecule has 0 radical (unpaired) electrons. The van der Waals surface area contributed by atoms with E-state index < -0.39 is 9.84 Å². The van der Waals surface area contributed by atoms with Crippen molar-refractivity contribution in [2.45, 2.75) is 24.4 Å². The molecular formula is C25H28BrN3O2S. The second-order valence-corrected chi connectivity index (χ2v) is 11.3. The van der Waals surface area contributed by atoms with Crippen LogP contribution in [0, 0.1) is 0 Å². The SMILES string of the molecule is CS(=O)(=O)c1ccc(CN2CCCN(Cc3cnccc3-c3ccc(Br)cc3)CC2)cc1. The molecule has 1 aromatic heterocycles. The minimum atomic E-state index is -3.15. The number of pyridine rings is 1. The molecule has 5 nitrogen and oxygen atoms in total. The van der Waals surface area contributed by atoms with Crippen LogP contribution in [0.5, 0.6) is 0 Å². The van der Waals surface area contributed by atoms with Gasteiger partial charge in [0.25, 0.3) is 0 Å². The van der Waals surface area contributed by atoms with E-state index in [4.69, 9.17) is 0 Å². The average molecular weight is 514 g/mol.